The summed E-state index contributed by atoms with van der Waals surface area (Å²) in [5, 5.41) is 2.77. The van der Waals surface area contributed by atoms with Gasteiger partial charge in [-0.25, -0.2) is 4.98 Å². The van der Waals surface area contributed by atoms with Gasteiger partial charge in [-0.3, -0.25) is 9.59 Å². The summed E-state index contributed by atoms with van der Waals surface area (Å²) in [5.74, 6) is 0.286. The highest BCUT2D eigenvalue weighted by molar-refractivity contribution is 8.13. The Morgan fingerprint density at radius 2 is 1.88 bits per heavy atom. The van der Waals surface area contributed by atoms with Gasteiger partial charge in [-0.15, -0.1) is 0 Å². The topological polar surface area (TPSA) is 75.9 Å². The zero-order valence-electron chi connectivity index (χ0n) is 17.7. The van der Waals surface area contributed by atoms with E-state index < -0.39 is 0 Å². The average molecular weight is 447 g/mol. The molecular formula is C24H22N4O3S. The number of ether oxygens (including phenoxy) is 1. The van der Waals surface area contributed by atoms with Crippen molar-refractivity contribution >= 4 is 34.2 Å². The predicted octanol–water partition coefficient (Wildman–Crippen LogP) is 4.94. The summed E-state index contributed by atoms with van der Waals surface area (Å²) in [6.07, 6.45) is 3.84. The molecule has 2 aromatic carbocycles. The molecule has 4 rings (SSSR count). The number of carbonyl (C=O) groups excluding carboxylic acids is 2. The molecule has 0 aliphatic carbocycles. The van der Waals surface area contributed by atoms with E-state index in [1.165, 1.54) is 4.90 Å². The number of anilines is 1. The fourth-order valence-corrected chi connectivity index (χ4v) is 3.73. The van der Waals surface area contributed by atoms with Crippen molar-refractivity contribution in [1.29, 1.82) is 0 Å². The van der Waals surface area contributed by atoms with Crippen LogP contribution in [0, 0.1) is 0 Å². The number of nitrogens with one attached hydrogen (secondary N) is 1. The number of carbonyl (C=O) groups is 2. The van der Waals surface area contributed by atoms with E-state index in [0.29, 0.717) is 28.5 Å². The molecule has 0 spiro atoms. The molecule has 0 radical (unpaired) electrons. The van der Waals surface area contributed by atoms with Crippen molar-refractivity contribution in [2.75, 3.05) is 19.4 Å². The van der Waals surface area contributed by atoms with E-state index in [9.17, 15) is 9.59 Å². The van der Waals surface area contributed by atoms with Crippen LogP contribution in [0.2, 0.25) is 0 Å². The van der Waals surface area contributed by atoms with Crippen LogP contribution in [-0.2, 0) is 6.61 Å². The standard InChI is InChI=1S/C24H22N4O3S/c1-27(2)24(30)32-21-11-4-3-10-20(21)26-23(29)17-8-7-9-19(14-17)31-16-18-15-28-13-6-5-12-22(28)25-18/h3-15H,16H2,1-2H3,(H,26,29). The molecule has 7 nitrogen and oxygen atoms in total. The van der Waals surface area contributed by atoms with E-state index in [-0.39, 0.29) is 11.1 Å². The molecule has 2 amide bonds. The Hall–Kier alpha value is -3.78. The predicted molar refractivity (Wildman–Crippen MR) is 125 cm³/mol. The Bertz CT molecular complexity index is 1240. The third-order valence-electron chi connectivity index (χ3n) is 4.59. The lowest BCUT2D eigenvalue weighted by Crippen LogP contribution is -2.17. The summed E-state index contributed by atoms with van der Waals surface area (Å²) in [6, 6.07) is 20.0. The minimum absolute atomic E-state index is 0.117. The Balaban J connectivity index is 1.44. The van der Waals surface area contributed by atoms with Gasteiger partial charge in [0.25, 0.3) is 11.1 Å². The molecule has 162 valence electrons. The smallest absolute Gasteiger partial charge is 0.286 e. The van der Waals surface area contributed by atoms with Gasteiger partial charge in [-0.1, -0.05) is 24.3 Å². The third-order valence-corrected chi connectivity index (χ3v) is 5.71. The van der Waals surface area contributed by atoms with Crippen molar-refractivity contribution in [3.63, 3.8) is 0 Å². The quantitative estimate of drug-likeness (QED) is 0.425. The molecule has 2 heterocycles. The SMILES string of the molecule is CN(C)C(=O)Sc1ccccc1NC(=O)c1cccc(OCc2cn3ccccc3n2)c1. The average Bonchev–Trinajstić information content (AvgIpc) is 3.22. The van der Waals surface area contributed by atoms with Gasteiger partial charge in [0.1, 0.15) is 18.0 Å². The van der Waals surface area contributed by atoms with Crippen molar-refractivity contribution < 1.29 is 14.3 Å². The highest BCUT2D eigenvalue weighted by atomic mass is 32.2. The van der Waals surface area contributed by atoms with Gasteiger partial charge in [-0.2, -0.15) is 0 Å². The van der Waals surface area contributed by atoms with Crippen LogP contribution in [0.25, 0.3) is 5.65 Å². The van der Waals surface area contributed by atoms with Crippen LogP contribution in [-0.4, -0.2) is 39.5 Å². The van der Waals surface area contributed by atoms with E-state index in [4.69, 9.17) is 4.74 Å². The molecule has 0 fully saturated rings. The summed E-state index contributed by atoms with van der Waals surface area (Å²) < 4.78 is 7.78. The Morgan fingerprint density at radius 3 is 2.69 bits per heavy atom. The van der Waals surface area contributed by atoms with Crippen LogP contribution in [0.5, 0.6) is 5.75 Å². The molecular weight excluding hydrogens is 424 g/mol. The van der Waals surface area contributed by atoms with Crippen LogP contribution in [0.15, 0.2) is 84.0 Å². The monoisotopic (exact) mass is 446 g/mol. The lowest BCUT2D eigenvalue weighted by Gasteiger charge is -2.13. The number of hydrogen-bond acceptors (Lipinski definition) is 5. The van der Waals surface area contributed by atoms with Crippen molar-refractivity contribution in [1.82, 2.24) is 14.3 Å². The molecule has 32 heavy (non-hydrogen) atoms. The molecule has 0 aliphatic rings. The molecule has 0 atom stereocenters. The Kier molecular flexibility index (Phi) is 6.42. The number of imidazole rings is 1. The van der Waals surface area contributed by atoms with Crippen molar-refractivity contribution in [3.8, 4) is 5.75 Å². The van der Waals surface area contributed by atoms with Crippen molar-refractivity contribution in [2.24, 2.45) is 0 Å². The fraction of sp³-hybridized carbons (Fsp3) is 0.125. The number of amides is 2. The fourth-order valence-electron chi connectivity index (χ4n) is 2.98. The zero-order chi connectivity index (χ0) is 22.5. The number of thioether (sulfide) groups is 1. The summed E-state index contributed by atoms with van der Waals surface area (Å²) in [5.41, 5.74) is 2.68. The van der Waals surface area contributed by atoms with Gasteiger partial charge >= 0.3 is 0 Å². The van der Waals surface area contributed by atoms with Gasteiger partial charge in [0, 0.05) is 36.9 Å². The van der Waals surface area contributed by atoms with Gasteiger partial charge < -0.3 is 19.4 Å². The van der Waals surface area contributed by atoms with E-state index in [2.05, 4.69) is 10.3 Å². The number of rotatable bonds is 6. The van der Waals surface area contributed by atoms with E-state index >= 15 is 0 Å². The first-order chi connectivity index (χ1) is 15.5. The van der Waals surface area contributed by atoms with Gasteiger partial charge in [0.05, 0.1) is 11.4 Å². The maximum atomic E-state index is 12.8. The third kappa shape index (κ3) is 5.09. The number of nitrogens with zero attached hydrogens (tertiary/aromatic N) is 3. The second kappa shape index (κ2) is 9.57. The Morgan fingerprint density at radius 1 is 1.06 bits per heavy atom. The highest BCUT2D eigenvalue weighted by Crippen LogP contribution is 2.29. The molecule has 0 bridgehead atoms. The maximum Gasteiger partial charge on any atom is 0.286 e. The molecule has 0 saturated heterocycles. The van der Waals surface area contributed by atoms with E-state index in [1.54, 1.807) is 50.5 Å². The minimum Gasteiger partial charge on any atom is -0.487 e. The number of aromatic nitrogens is 2. The first kappa shape index (κ1) is 21.5. The number of pyridine rings is 1. The first-order valence-corrected chi connectivity index (χ1v) is 10.8. The molecule has 1 N–H and O–H groups in total. The number of hydrogen-bond donors (Lipinski definition) is 1. The van der Waals surface area contributed by atoms with E-state index in [1.807, 2.05) is 47.1 Å². The summed E-state index contributed by atoms with van der Waals surface area (Å²) in [6.45, 7) is 0.291. The van der Waals surface area contributed by atoms with Gasteiger partial charge in [0.15, 0.2) is 0 Å². The number of benzene rings is 2. The van der Waals surface area contributed by atoms with Crippen LogP contribution in [0.4, 0.5) is 10.5 Å². The first-order valence-electron chi connectivity index (χ1n) is 9.94. The van der Waals surface area contributed by atoms with E-state index in [0.717, 1.165) is 23.1 Å². The Labute approximate surface area is 190 Å². The molecule has 4 aromatic rings. The van der Waals surface area contributed by atoms with Gasteiger partial charge in [-0.05, 0) is 54.2 Å². The molecule has 0 aliphatic heterocycles. The molecule has 2 aromatic heterocycles. The molecule has 8 heteroatoms. The molecule has 0 saturated carbocycles. The molecule has 0 unspecified atom stereocenters. The summed E-state index contributed by atoms with van der Waals surface area (Å²) in [4.78, 5) is 31.6. The van der Waals surface area contributed by atoms with Crippen LogP contribution in [0.1, 0.15) is 16.1 Å². The normalized spacial score (nSPS) is 10.7. The van der Waals surface area contributed by atoms with Crippen molar-refractivity contribution in [2.45, 2.75) is 11.5 Å². The largest absolute Gasteiger partial charge is 0.487 e. The lowest BCUT2D eigenvalue weighted by atomic mass is 10.2. The maximum absolute atomic E-state index is 12.8. The van der Waals surface area contributed by atoms with Gasteiger partial charge in [0.2, 0.25) is 0 Å². The van der Waals surface area contributed by atoms with Crippen LogP contribution >= 0.6 is 11.8 Å². The second-order valence-corrected chi connectivity index (χ2v) is 8.22. The number of fused-ring (bicyclic) bond motifs is 1. The summed E-state index contributed by atoms with van der Waals surface area (Å²) in [7, 11) is 3.38. The van der Waals surface area contributed by atoms with Crippen LogP contribution in [0.3, 0.4) is 0 Å². The minimum atomic E-state index is -0.284. The van der Waals surface area contributed by atoms with Crippen molar-refractivity contribution in [3.05, 3.63) is 90.4 Å². The lowest BCUT2D eigenvalue weighted by molar-refractivity contribution is 0.102. The zero-order valence-corrected chi connectivity index (χ0v) is 18.5. The van der Waals surface area contributed by atoms with Crippen LogP contribution < -0.4 is 10.1 Å². The number of para-hydroxylation sites is 1. The summed E-state index contributed by atoms with van der Waals surface area (Å²) >= 11 is 1.06. The highest BCUT2D eigenvalue weighted by Gasteiger charge is 2.14. The second-order valence-electron chi connectivity index (χ2n) is 7.23.